The zero-order valence-electron chi connectivity index (χ0n) is 10.7. The molecule has 1 rings (SSSR count). The molecule has 0 aliphatic heterocycles. The quantitative estimate of drug-likeness (QED) is 0.789. The molecule has 6 heteroatoms. The molecule has 0 radical (unpaired) electrons. The van der Waals surface area contributed by atoms with E-state index >= 15 is 0 Å². The first-order chi connectivity index (χ1) is 8.49. The summed E-state index contributed by atoms with van der Waals surface area (Å²) in [6.45, 7) is 2.59. The maximum absolute atomic E-state index is 11.5. The Bertz CT molecular complexity index is 468. The Morgan fingerprint density at radius 1 is 1.39 bits per heavy atom. The zero-order chi connectivity index (χ0) is 13.6. The highest BCUT2D eigenvalue weighted by Crippen LogP contribution is 2.21. The number of benzene rings is 1. The molecule has 0 saturated carbocycles. The smallest absolute Gasteiger partial charge is 0.240 e. The van der Waals surface area contributed by atoms with Crippen LogP contribution in [0.5, 0.6) is 0 Å². The van der Waals surface area contributed by atoms with Crippen molar-refractivity contribution in [1.29, 1.82) is 0 Å². The van der Waals surface area contributed by atoms with Crippen LogP contribution < -0.4 is 10.5 Å². The highest BCUT2D eigenvalue weighted by molar-refractivity contribution is 7.89. The third-order valence-corrected chi connectivity index (χ3v) is 3.53. The summed E-state index contributed by atoms with van der Waals surface area (Å²) in [5, 5.41) is 8.35. The first kappa shape index (κ1) is 14.9. The van der Waals surface area contributed by atoms with Crippen molar-refractivity contribution in [1.82, 2.24) is 0 Å². The van der Waals surface area contributed by atoms with Crippen LogP contribution in [0.1, 0.15) is 19.8 Å². The number of hydrogen-bond donors (Lipinski definition) is 2. The van der Waals surface area contributed by atoms with Gasteiger partial charge in [0.15, 0.2) is 0 Å². The zero-order valence-corrected chi connectivity index (χ0v) is 11.5. The van der Waals surface area contributed by atoms with Crippen LogP contribution in [0.15, 0.2) is 29.2 Å². The molecule has 102 valence electrons. The Labute approximate surface area is 108 Å². The molecule has 1 aromatic rings. The van der Waals surface area contributed by atoms with E-state index in [4.69, 9.17) is 9.88 Å². The van der Waals surface area contributed by atoms with Crippen molar-refractivity contribution < 1.29 is 13.2 Å². The summed E-state index contributed by atoms with van der Waals surface area (Å²) in [6.07, 6.45) is 1.88. The minimum absolute atomic E-state index is 0.0721. The Balaban J connectivity index is 2.95. The van der Waals surface area contributed by atoms with Gasteiger partial charge in [-0.05, 0) is 18.6 Å². The summed E-state index contributed by atoms with van der Waals surface area (Å²) in [5.74, 6) is 0. The largest absolute Gasteiger partial charge is 0.383 e. The maximum atomic E-state index is 11.5. The third-order valence-electron chi connectivity index (χ3n) is 2.56. The number of rotatable bonds is 7. The molecule has 5 nitrogen and oxygen atoms in total. The predicted molar refractivity (Wildman–Crippen MR) is 72.0 cm³/mol. The molecule has 3 N–H and O–H groups in total. The predicted octanol–water partition coefficient (Wildman–Crippen LogP) is 1.56. The van der Waals surface area contributed by atoms with Crippen molar-refractivity contribution >= 4 is 15.7 Å². The van der Waals surface area contributed by atoms with Crippen LogP contribution in [0.3, 0.4) is 0 Å². The number of nitrogens with one attached hydrogen (secondary N) is 1. The van der Waals surface area contributed by atoms with Crippen molar-refractivity contribution in [2.24, 2.45) is 5.14 Å². The maximum Gasteiger partial charge on any atom is 0.240 e. The van der Waals surface area contributed by atoms with Crippen LogP contribution in [-0.4, -0.2) is 28.2 Å². The highest BCUT2D eigenvalue weighted by atomic mass is 32.2. The molecule has 1 unspecified atom stereocenters. The lowest BCUT2D eigenvalue weighted by Crippen LogP contribution is -2.26. The Kier molecular flexibility index (Phi) is 5.58. The molecule has 0 heterocycles. The number of nitrogens with two attached hydrogens (primary N) is 1. The summed E-state index contributed by atoms with van der Waals surface area (Å²) in [6, 6.07) is 6.69. The van der Waals surface area contributed by atoms with Crippen molar-refractivity contribution in [3.05, 3.63) is 24.3 Å². The average Bonchev–Trinajstić information content (AvgIpc) is 2.29. The minimum Gasteiger partial charge on any atom is -0.383 e. The van der Waals surface area contributed by atoms with Crippen molar-refractivity contribution in [2.75, 3.05) is 19.0 Å². The molecule has 18 heavy (non-hydrogen) atoms. The molecule has 0 aromatic heterocycles. The van der Waals surface area contributed by atoms with Crippen molar-refractivity contribution in [2.45, 2.75) is 30.7 Å². The number of ether oxygens (including phenoxy) is 1. The van der Waals surface area contributed by atoms with E-state index in [9.17, 15) is 8.42 Å². The lowest BCUT2D eigenvalue weighted by molar-refractivity contribution is 0.182. The molecular weight excluding hydrogens is 252 g/mol. The fourth-order valence-electron chi connectivity index (χ4n) is 1.80. The molecule has 1 aromatic carbocycles. The van der Waals surface area contributed by atoms with E-state index in [1.165, 1.54) is 6.07 Å². The monoisotopic (exact) mass is 272 g/mol. The van der Waals surface area contributed by atoms with Gasteiger partial charge >= 0.3 is 0 Å². The number of anilines is 1. The van der Waals surface area contributed by atoms with Gasteiger partial charge in [0.25, 0.3) is 0 Å². The Morgan fingerprint density at radius 2 is 2.06 bits per heavy atom. The first-order valence-electron chi connectivity index (χ1n) is 5.86. The second-order valence-corrected chi connectivity index (χ2v) is 5.66. The van der Waals surface area contributed by atoms with E-state index in [0.717, 1.165) is 12.8 Å². The fraction of sp³-hybridized carbons (Fsp3) is 0.500. The molecule has 0 bridgehead atoms. The number of primary sulfonamides is 1. The fourth-order valence-corrected chi connectivity index (χ4v) is 2.50. The van der Waals surface area contributed by atoms with Crippen molar-refractivity contribution in [3.8, 4) is 0 Å². The van der Waals surface area contributed by atoms with Crippen LogP contribution in [0.4, 0.5) is 5.69 Å². The molecule has 0 amide bonds. The van der Waals surface area contributed by atoms with Crippen molar-refractivity contribution in [3.63, 3.8) is 0 Å². The molecule has 1 atom stereocenters. The summed E-state index contributed by atoms with van der Waals surface area (Å²) in [7, 11) is -2.09. The van der Waals surface area contributed by atoms with Crippen LogP contribution in [-0.2, 0) is 14.8 Å². The van der Waals surface area contributed by atoms with Gasteiger partial charge in [-0.2, -0.15) is 0 Å². The molecular formula is C12H20N2O3S. The second kappa shape index (κ2) is 6.72. The molecule has 0 saturated heterocycles. The number of hydrogen-bond acceptors (Lipinski definition) is 4. The molecule has 0 spiro atoms. The Morgan fingerprint density at radius 3 is 2.61 bits per heavy atom. The number of sulfonamides is 1. The summed E-state index contributed by atoms with van der Waals surface area (Å²) in [5.41, 5.74) is 0.524. The lowest BCUT2D eigenvalue weighted by atomic mass is 10.1. The van der Waals surface area contributed by atoms with Gasteiger partial charge < -0.3 is 10.1 Å². The third kappa shape index (κ3) is 4.29. The van der Waals surface area contributed by atoms with E-state index < -0.39 is 10.0 Å². The standard InChI is InChI=1S/C12H20N2O3S/c1-3-6-10(9-17-2)14-11-7-4-5-8-12(11)18(13,15)16/h4-5,7-8,10,14H,3,6,9H2,1-2H3,(H2,13,15,16). The normalized spacial score (nSPS) is 13.3. The van der Waals surface area contributed by atoms with Crippen LogP contribution in [0, 0.1) is 0 Å². The summed E-state index contributed by atoms with van der Waals surface area (Å²) < 4.78 is 28.0. The molecule has 0 aliphatic rings. The van der Waals surface area contributed by atoms with Crippen LogP contribution >= 0.6 is 0 Å². The van der Waals surface area contributed by atoms with Crippen LogP contribution in [0.2, 0.25) is 0 Å². The van der Waals surface area contributed by atoms with Gasteiger partial charge in [-0.1, -0.05) is 25.5 Å². The van der Waals surface area contributed by atoms with Gasteiger partial charge in [-0.3, -0.25) is 0 Å². The van der Waals surface area contributed by atoms with E-state index in [0.29, 0.717) is 12.3 Å². The topological polar surface area (TPSA) is 81.4 Å². The molecule has 0 fully saturated rings. The van der Waals surface area contributed by atoms with E-state index in [1.54, 1.807) is 25.3 Å². The summed E-state index contributed by atoms with van der Waals surface area (Å²) in [4.78, 5) is 0.113. The SMILES string of the molecule is CCCC(COC)Nc1ccccc1S(N)(=O)=O. The Hall–Kier alpha value is -1.11. The van der Waals surface area contributed by atoms with Gasteiger partial charge in [-0.15, -0.1) is 0 Å². The average molecular weight is 272 g/mol. The van der Waals surface area contributed by atoms with E-state index in [2.05, 4.69) is 12.2 Å². The lowest BCUT2D eigenvalue weighted by Gasteiger charge is -2.20. The van der Waals surface area contributed by atoms with E-state index in [1.807, 2.05) is 0 Å². The van der Waals surface area contributed by atoms with Gasteiger partial charge in [-0.25, -0.2) is 13.6 Å². The highest BCUT2D eigenvalue weighted by Gasteiger charge is 2.15. The van der Waals surface area contributed by atoms with Gasteiger partial charge in [0.2, 0.25) is 10.0 Å². The van der Waals surface area contributed by atoms with Gasteiger partial charge in [0.1, 0.15) is 4.90 Å². The van der Waals surface area contributed by atoms with Crippen LogP contribution in [0.25, 0.3) is 0 Å². The van der Waals surface area contributed by atoms with Gasteiger partial charge in [0, 0.05) is 13.2 Å². The minimum atomic E-state index is -3.71. The number of para-hydroxylation sites is 1. The molecule has 0 aliphatic carbocycles. The van der Waals surface area contributed by atoms with E-state index in [-0.39, 0.29) is 10.9 Å². The first-order valence-corrected chi connectivity index (χ1v) is 7.41. The van der Waals surface area contributed by atoms with Gasteiger partial charge in [0.05, 0.1) is 12.3 Å². The second-order valence-electron chi connectivity index (χ2n) is 4.13. The summed E-state index contributed by atoms with van der Waals surface area (Å²) >= 11 is 0. The number of methoxy groups -OCH3 is 1.